The van der Waals surface area contributed by atoms with Crippen LogP contribution >= 0.6 is 22.6 Å². The molecule has 0 unspecified atom stereocenters. The van der Waals surface area contributed by atoms with Crippen molar-refractivity contribution in [3.8, 4) is 0 Å². The van der Waals surface area contributed by atoms with Crippen LogP contribution in [-0.2, 0) is 10.8 Å². The predicted molar refractivity (Wildman–Crippen MR) is 93.7 cm³/mol. The minimum atomic E-state index is -0.158. The van der Waals surface area contributed by atoms with E-state index in [0.717, 1.165) is 32.3 Å². The Hall–Kier alpha value is -1.89. The number of alkyl halides is 1. The first-order valence-corrected chi connectivity index (χ1v) is 8.11. The Morgan fingerprint density at radius 2 is 1.90 bits per heavy atom. The standard InChI is InChI=1S/C16H14IN3O/c17-9-11-6-5-10(7-14(11)18)8-15-12-3-1-2-4-13(12)16(21)20-19-15/h1-7H,8-9,18H2,(H,20,21). The molecular formula is C16H14IN3O. The van der Waals surface area contributed by atoms with Gasteiger partial charge in [-0.2, -0.15) is 5.10 Å². The van der Waals surface area contributed by atoms with Gasteiger partial charge >= 0.3 is 0 Å². The quantitative estimate of drug-likeness (QED) is 0.410. The van der Waals surface area contributed by atoms with Crippen LogP contribution in [0.2, 0.25) is 0 Å². The van der Waals surface area contributed by atoms with Crippen LogP contribution in [0.5, 0.6) is 0 Å². The summed E-state index contributed by atoms with van der Waals surface area (Å²) >= 11 is 2.30. The molecular weight excluding hydrogens is 377 g/mol. The van der Waals surface area contributed by atoms with Gasteiger partial charge in [0, 0.05) is 21.9 Å². The number of rotatable bonds is 3. The van der Waals surface area contributed by atoms with Crippen molar-refractivity contribution in [1.29, 1.82) is 0 Å². The Morgan fingerprint density at radius 1 is 1.14 bits per heavy atom. The molecule has 106 valence electrons. The summed E-state index contributed by atoms with van der Waals surface area (Å²) in [7, 11) is 0. The van der Waals surface area contributed by atoms with Gasteiger partial charge in [0.25, 0.3) is 5.56 Å². The number of nitrogens with zero attached hydrogens (tertiary/aromatic N) is 1. The fourth-order valence-corrected chi connectivity index (χ4v) is 3.07. The highest BCUT2D eigenvalue weighted by Gasteiger charge is 2.08. The molecule has 0 saturated carbocycles. The largest absolute Gasteiger partial charge is 0.398 e. The van der Waals surface area contributed by atoms with Gasteiger partial charge in [-0.1, -0.05) is 52.9 Å². The SMILES string of the molecule is Nc1cc(Cc2n[nH]c(=O)c3ccccc23)ccc1CI. The molecule has 0 aliphatic heterocycles. The molecule has 3 aromatic rings. The zero-order valence-corrected chi connectivity index (χ0v) is 13.4. The normalized spacial score (nSPS) is 10.9. The van der Waals surface area contributed by atoms with Gasteiger partial charge in [0.1, 0.15) is 0 Å². The maximum Gasteiger partial charge on any atom is 0.272 e. The Bertz CT molecular complexity index is 858. The van der Waals surface area contributed by atoms with Gasteiger partial charge in [-0.25, -0.2) is 5.10 Å². The lowest BCUT2D eigenvalue weighted by molar-refractivity contribution is 0.934. The fraction of sp³-hybridized carbons (Fsp3) is 0.125. The third-order valence-electron chi connectivity index (χ3n) is 3.50. The van der Waals surface area contributed by atoms with E-state index in [-0.39, 0.29) is 5.56 Å². The van der Waals surface area contributed by atoms with E-state index >= 15 is 0 Å². The number of nitrogen functional groups attached to an aromatic ring is 1. The summed E-state index contributed by atoms with van der Waals surface area (Å²) in [6, 6.07) is 13.6. The van der Waals surface area contributed by atoms with Crippen molar-refractivity contribution in [3.63, 3.8) is 0 Å². The lowest BCUT2D eigenvalue weighted by Gasteiger charge is -2.08. The molecule has 2 aromatic carbocycles. The van der Waals surface area contributed by atoms with E-state index in [0.29, 0.717) is 11.8 Å². The number of halogens is 1. The van der Waals surface area contributed by atoms with Crippen LogP contribution < -0.4 is 11.3 Å². The number of fused-ring (bicyclic) bond motifs is 1. The number of hydrogen-bond donors (Lipinski definition) is 2. The number of aromatic amines is 1. The molecule has 0 radical (unpaired) electrons. The summed E-state index contributed by atoms with van der Waals surface area (Å²) < 4.78 is 0.893. The number of nitrogens with two attached hydrogens (primary N) is 1. The maximum absolute atomic E-state index is 11.8. The Kier molecular flexibility index (Phi) is 3.92. The summed E-state index contributed by atoms with van der Waals surface area (Å²) in [5.41, 5.74) is 9.76. The Balaban J connectivity index is 2.04. The Morgan fingerprint density at radius 3 is 2.62 bits per heavy atom. The van der Waals surface area contributed by atoms with Crippen LogP contribution in [0.1, 0.15) is 16.8 Å². The van der Waals surface area contributed by atoms with Crippen LogP contribution in [0, 0.1) is 0 Å². The summed E-state index contributed by atoms with van der Waals surface area (Å²) in [5.74, 6) is 0. The first-order chi connectivity index (χ1) is 10.2. The van der Waals surface area contributed by atoms with E-state index in [2.05, 4.69) is 38.9 Å². The van der Waals surface area contributed by atoms with Gasteiger partial charge in [-0.05, 0) is 23.3 Å². The van der Waals surface area contributed by atoms with Crippen molar-refractivity contribution in [2.45, 2.75) is 10.8 Å². The van der Waals surface area contributed by atoms with E-state index in [4.69, 9.17) is 5.73 Å². The number of anilines is 1. The molecule has 0 spiro atoms. The van der Waals surface area contributed by atoms with Crippen molar-refractivity contribution in [2.24, 2.45) is 0 Å². The summed E-state index contributed by atoms with van der Waals surface area (Å²) in [4.78, 5) is 11.8. The van der Waals surface area contributed by atoms with E-state index in [9.17, 15) is 4.79 Å². The van der Waals surface area contributed by atoms with Crippen molar-refractivity contribution < 1.29 is 0 Å². The predicted octanol–water partition coefficient (Wildman–Crippen LogP) is 3.03. The van der Waals surface area contributed by atoms with Crippen LogP contribution in [0.25, 0.3) is 10.8 Å². The van der Waals surface area contributed by atoms with Gasteiger partial charge < -0.3 is 5.73 Å². The van der Waals surface area contributed by atoms with Gasteiger partial charge in [0.15, 0.2) is 0 Å². The summed E-state index contributed by atoms with van der Waals surface area (Å²) in [5, 5.41) is 8.31. The van der Waals surface area contributed by atoms with Crippen LogP contribution in [0.3, 0.4) is 0 Å². The molecule has 3 rings (SSSR count). The van der Waals surface area contributed by atoms with E-state index in [1.165, 1.54) is 0 Å². The number of nitrogens with one attached hydrogen (secondary N) is 1. The highest BCUT2D eigenvalue weighted by atomic mass is 127. The Labute approximate surface area is 135 Å². The third kappa shape index (κ3) is 2.78. The second-order valence-electron chi connectivity index (χ2n) is 4.89. The zero-order valence-electron chi connectivity index (χ0n) is 11.3. The van der Waals surface area contributed by atoms with Crippen molar-refractivity contribution in [2.75, 3.05) is 5.73 Å². The maximum atomic E-state index is 11.8. The highest BCUT2D eigenvalue weighted by Crippen LogP contribution is 2.21. The first kappa shape index (κ1) is 14.1. The van der Waals surface area contributed by atoms with Crippen LogP contribution in [0.15, 0.2) is 47.3 Å². The molecule has 0 bridgehead atoms. The average Bonchev–Trinajstić information content (AvgIpc) is 2.51. The lowest BCUT2D eigenvalue weighted by atomic mass is 10.0. The molecule has 4 nitrogen and oxygen atoms in total. The molecule has 0 aliphatic carbocycles. The molecule has 3 N–H and O–H groups in total. The minimum absolute atomic E-state index is 0.158. The third-order valence-corrected chi connectivity index (χ3v) is 4.32. The van der Waals surface area contributed by atoms with Gasteiger partial charge in [-0.15, -0.1) is 0 Å². The molecule has 0 amide bonds. The number of benzene rings is 2. The molecule has 0 atom stereocenters. The van der Waals surface area contributed by atoms with E-state index < -0.39 is 0 Å². The zero-order chi connectivity index (χ0) is 14.8. The average molecular weight is 391 g/mol. The van der Waals surface area contributed by atoms with Crippen molar-refractivity contribution in [3.05, 3.63) is 69.6 Å². The second kappa shape index (κ2) is 5.85. The smallest absolute Gasteiger partial charge is 0.272 e. The van der Waals surface area contributed by atoms with Crippen LogP contribution in [0.4, 0.5) is 5.69 Å². The number of H-pyrrole nitrogens is 1. The first-order valence-electron chi connectivity index (χ1n) is 6.58. The topological polar surface area (TPSA) is 71.8 Å². The minimum Gasteiger partial charge on any atom is -0.398 e. The monoisotopic (exact) mass is 391 g/mol. The molecule has 1 aromatic heterocycles. The number of aromatic nitrogens is 2. The van der Waals surface area contributed by atoms with Gasteiger partial charge in [-0.3, -0.25) is 4.79 Å². The van der Waals surface area contributed by atoms with Crippen molar-refractivity contribution >= 4 is 39.1 Å². The molecule has 0 aliphatic rings. The van der Waals surface area contributed by atoms with Crippen LogP contribution in [-0.4, -0.2) is 10.2 Å². The molecule has 0 fully saturated rings. The van der Waals surface area contributed by atoms with Gasteiger partial charge in [0.2, 0.25) is 0 Å². The number of hydrogen-bond acceptors (Lipinski definition) is 3. The highest BCUT2D eigenvalue weighted by molar-refractivity contribution is 14.1. The lowest BCUT2D eigenvalue weighted by Crippen LogP contribution is -2.11. The summed E-state index contributed by atoms with van der Waals surface area (Å²) in [6.07, 6.45) is 0.642. The molecule has 1 heterocycles. The molecule has 5 heteroatoms. The van der Waals surface area contributed by atoms with Gasteiger partial charge in [0.05, 0.1) is 11.1 Å². The summed E-state index contributed by atoms with van der Waals surface area (Å²) in [6.45, 7) is 0. The van der Waals surface area contributed by atoms with Crippen molar-refractivity contribution in [1.82, 2.24) is 10.2 Å². The molecule has 21 heavy (non-hydrogen) atoms. The van der Waals surface area contributed by atoms with E-state index in [1.54, 1.807) is 0 Å². The fourth-order valence-electron chi connectivity index (χ4n) is 2.38. The molecule has 0 saturated heterocycles. The van der Waals surface area contributed by atoms with E-state index in [1.807, 2.05) is 36.4 Å². The second-order valence-corrected chi connectivity index (χ2v) is 5.65.